The number of nitrogens with zero attached hydrogens (tertiary/aromatic N) is 2. The van der Waals surface area contributed by atoms with Crippen LogP contribution in [0.4, 0.5) is 18.0 Å². The second kappa shape index (κ2) is 11.0. The van der Waals surface area contributed by atoms with Crippen LogP contribution in [0.1, 0.15) is 40.0 Å². The number of allylic oxidation sites excluding steroid dienone is 5. The van der Waals surface area contributed by atoms with Crippen LogP contribution in [-0.2, 0) is 14.4 Å². The Balaban J connectivity index is 3.22. The van der Waals surface area contributed by atoms with Crippen LogP contribution in [0.5, 0.6) is 0 Å². The SMILES string of the molecule is CCOC(=O)N(C1=CC=C(C(F)(F)F)CC=C1)[C@H](CC)CC(C)C(=O)N(C)OC. The molecule has 0 saturated carbocycles. The molecule has 1 aliphatic rings. The summed E-state index contributed by atoms with van der Waals surface area (Å²) in [5, 5.41) is 1.11. The molecular formula is C20H29F3N2O4. The van der Waals surface area contributed by atoms with Crippen LogP contribution in [0, 0.1) is 5.92 Å². The number of carbonyl (C=O) groups is 2. The number of amides is 2. The fourth-order valence-electron chi connectivity index (χ4n) is 3.01. The normalized spacial score (nSPS) is 16.3. The van der Waals surface area contributed by atoms with Crippen LogP contribution in [0.15, 0.2) is 35.6 Å². The highest BCUT2D eigenvalue weighted by molar-refractivity contribution is 5.77. The molecule has 164 valence electrons. The van der Waals surface area contributed by atoms with Crippen molar-refractivity contribution in [3.05, 3.63) is 35.6 Å². The average molecular weight is 418 g/mol. The monoisotopic (exact) mass is 418 g/mol. The average Bonchev–Trinajstić information content (AvgIpc) is 2.92. The summed E-state index contributed by atoms with van der Waals surface area (Å²) in [7, 11) is 2.86. The maximum atomic E-state index is 13.0. The van der Waals surface area contributed by atoms with Gasteiger partial charge in [-0.05, 0) is 38.3 Å². The summed E-state index contributed by atoms with van der Waals surface area (Å²) >= 11 is 0. The summed E-state index contributed by atoms with van der Waals surface area (Å²) in [6.45, 7) is 5.32. The molecule has 0 aromatic rings. The minimum atomic E-state index is -4.44. The van der Waals surface area contributed by atoms with Gasteiger partial charge in [0.1, 0.15) is 0 Å². The van der Waals surface area contributed by atoms with Gasteiger partial charge in [-0.15, -0.1) is 0 Å². The van der Waals surface area contributed by atoms with Crippen molar-refractivity contribution in [1.82, 2.24) is 9.96 Å². The summed E-state index contributed by atoms with van der Waals surface area (Å²) in [5.41, 5.74) is -0.417. The number of hydrogen-bond donors (Lipinski definition) is 0. The lowest BCUT2D eigenvalue weighted by Crippen LogP contribution is -2.42. The zero-order chi connectivity index (χ0) is 22.2. The fraction of sp³-hybridized carbons (Fsp3) is 0.600. The summed E-state index contributed by atoms with van der Waals surface area (Å²) in [6.07, 6.45) is 0.454. The van der Waals surface area contributed by atoms with E-state index in [1.807, 2.05) is 6.92 Å². The van der Waals surface area contributed by atoms with E-state index in [2.05, 4.69) is 0 Å². The number of rotatable bonds is 8. The topological polar surface area (TPSA) is 59.1 Å². The van der Waals surface area contributed by atoms with Gasteiger partial charge in [-0.1, -0.05) is 26.0 Å². The van der Waals surface area contributed by atoms with Crippen molar-refractivity contribution in [3.8, 4) is 0 Å². The summed E-state index contributed by atoms with van der Waals surface area (Å²) in [4.78, 5) is 31.2. The van der Waals surface area contributed by atoms with Crippen molar-refractivity contribution in [3.63, 3.8) is 0 Å². The molecule has 0 aromatic carbocycles. The third-order valence-electron chi connectivity index (χ3n) is 4.66. The lowest BCUT2D eigenvalue weighted by Gasteiger charge is -2.33. The van der Waals surface area contributed by atoms with E-state index in [0.717, 1.165) is 11.1 Å². The first-order chi connectivity index (χ1) is 13.6. The largest absolute Gasteiger partial charge is 0.449 e. The highest BCUT2D eigenvalue weighted by Crippen LogP contribution is 2.31. The Morgan fingerprint density at radius 2 is 1.90 bits per heavy atom. The van der Waals surface area contributed by atoms with Gasteiger partial charge in [-0.3, -0.25) is 14.5 Å². The minimum absolute atomic E-state index is 0.118. The fourth-order valence-corrected chi connectivity index (χ4v) is 3.01. The van der Waals surface area contributed by atoms with Gasteiger partial charge in [0, 0.05) is 30.3 Å². The maximum absolute atomic E-state index is 13.0. The van der Waals surface area contributed by atoms with E-state index >= 15 is 0 Å². The van der Waals surface area contributed by atoms with Gasteiger partial charge in [-0.25, -0.2) is 9.86 Å². The maximum Gasteiger partial charge on any atom is 0.414 e. The number of alkyl halides is 3. The molecule has 29 heavy (non-hydrogen) atoms. The van der Waals surface area contributed by atoms with Crippen molar-refractivity contribution in [2.75, 3.05) is 20.8 Å². The van der Waals surface area contributed by atoms with E-state index in [1.54, 1.807) is 13.8 Å². The van der Waals surface area contributed by atoms with E-state index < -0.39 is 29.8 Å². The second-order valence-corrected chi connectivity index (χ2v) is 6.67. The third kappa shape index (κ3) is 6.92. The standard InChI is InChI=1S/C20H29F3N2O4/c1-6-16(13-14(3)18(26)24(4)28-5)25(19(27)29-7-2)17-10-8-9-15(11-12-17)20(21,22)23/h8,10-12,14,16H,6-7,9,13H2,1-5H3/t14?,16-/m1/s1. The van der Waals surface area contributed by atoms with Gasteiger partial charge >= 0.3 is 12.3 Å². The Morgan fingerprint density at radius 3 is 2.41 bits per heavy atom. The Hall–Kier alpha value is -2.29. The van der Waals surface area contributed by atoms with Crippen LogP contribution in [0.3, 0.4) is 0 Å². The number of halogens is 3. The van der Waals surface area contributed by atoms with Crippen molar-refractivity contribution >= 4 is 12.0 Å². The second-order valence-electron chi connectivity index (χ2n) is 6.67. The zero-order valence-corrected chi connectivity index (χ0v) is 17.5. The van der Waals surface area contributed by atoms with Crippen LogP contribution in [-0.4, -0.2) is 54.9 Å². The Morgan fingerprint density at radius 1 is 1.24 bits per heavy atom. The highest BCUT2D eigenvalue weighted by atomic mass is 19.4. The highest BCUT2D eigenvalue weighted by Gasteiger charge is 2.34. The van der Waals surface area contributed by atoms with Gasteiger partial charge in [0.25, 0.3) is 0 Å². The van der Waals surface area contributed by atoms with Crippen LogP contribution in [0.2, 0.25) is 0 Å². The number of hydrogen-bond acceptors (Lipinski definition) is 4. The molecule has 0 fully saturated rings. The van der Waals surface area contributed by atoms with Crippen LogP contribution < -0.4 is 0 Å². The molecule has 0 aromatic heterocycles. The Kier molecular flexibility index (Phi) is 9.42. The number of ether oxygens (including phenoxy) is 1. The van der Waals surface area contributed by atoms with Crippen molar-refractivity contribution in [2.24, 2.45) is 5.92 Å². The molecule has 1 aliphatic carbocycles. The predicted molar refractivity (Wildman–Crippen MR) is 102 cm³/mol. The van der Waals surface area contributed by atoms with Crippen LogP contribution >= 0.6 is 0 Å². The van der Waals surface area contributed by atoms with Crippen molar-refractivity contribution in [1.29, 1.82) is 0 Å². The van der Waals surface area contributed by atoms with Gasteiger partial charge < -0.3 is 4.74 Å². The van der Waals surface area contributed by atoms with E-state index in [-0.39, 0.29) is 24.6 Å². The summed E-state index contributed by atoms with van der Waals surface area (Å²) < 4.78 is 44.2. The first-order valence-corrected chi connectivity index (χ1v) is 9.48. The molecule has 6 nitrogen and oxygen atoms in total. The molecule has 1 unspecified atom stereocenters. The van der Waals surface area contributed by atoms with E-state index in [9.17, 15) is 22.8 Å². The van der Waals surface area contributed by atoms with Gasteiger partial charge in [0.2, 0.25) is 5.91 Å². The van der Waals surface area contributed by atoms with Gasteiger partial charge in [-0.2, -0.15) is 13.2 Å². The lowest BCUT2D eigenvalue weighted by atomic mass is 9.97. The first kappa shape index (κ1) is 24.7. The molecule has 0 heterocycles. The first-order valence-electron chi connectivity index (χ1n) is 9.48. The Bertz CT molecular complexity index is 671. The smallest absolute Gasteiger partial charge is 0.414 e. The van der Waals surface area contributed by atoms with E-state index in [4.69, 9.17) is 9.57 Å². The zero-order valence-electron chi connectivity index (χ0n) is 17.5. The van der Waals surface area contributed by atoms with Crippen molar-refractivity contribution in [2.45, 2.75) is 52.3 Å². The van der Waals surface area contributed by atoms with E-state index in [0.29, 0.717) is 12.8 Å². The molecule has 2 atom stereocenters. The molecule has 0 saturated heterocycles. The third-order valence-corrected chi connectivity index (χ3v) is 4.66. The molecule has 2 amide bonds. The molecule has 0 aliphatic heterocycles. The van der Waals surface area contributed by atoms with Crippen LogP contribution in [0.25, 0.3) is 0 Å². The molecule has 0 N–H and O–H groups in total. The van der Waals surface area contributed by atoms with Gasteiger partial charge in [0.15, 0.2) is 0 Å². The van der Waals surface area contributed by atoms with Gasteiger partial charge in [0.05, 0.1) is 13.7 Å². The quantitative estimate of drug-likeness (QED) is 0.541. The minimum Gasteiger partial charge on any atom is -0.449 e. The molecule has 0 bridgehead atoms. The predicted octanol–water partition coefficient (Wildman–Crippen LogP) is 4.60. The number of carbonyl (C=O) groups excluding carboxylic acids is 2. The molecule has 1 rings (SSSR count). The Labute approximate surface area is 169 Å². The molecule has 0 spiro atoms. The summed E-state index contributed by atoms with van der Waals surface area (Å²) in [6, 6.07) is -0.449. The van der Waals surface area contributed by atoms with E-state index in [1.165, 1.54) is 37.3 Å². The molecule has 9 heteroatoms. The lowest BCUT2D eigenvalue weighted by molar-refractivity contribution is -0.173. The summed E-state index contributed by atoms with van der Waals surface area (Å²) in [5.74, 6) is -0.738. The number of hydroxylamine groups is 2. The molecular weight excluding hydrogens is 389 g/mol. The van der Waals surface area contributed by atoms with Crippen molar-refractivity contribution < 1.29 is 32.3 Å². The molecule has 0 radical (unpaired) electrons.